The van der Waals surface area contributed by atoms with Crippen LogP contribution in [0.25, 0.3) is 0 Å². The quantitative estimate of drug-likeness (QED) is 0.110. The summed E-state index contributed by atoms with van der Waals surface area (Å²) in [5.41, 5.74) is 12.5. The minimum atomic E-state index is -0.983. The Balaban J connectivity index is 2.46. The fourth-order valence-corrected chi connectivity index (χ4v) is 3.25. The molecule has 1 heterocycles. The predicted molar refractivity (Wildman–Crippen MR) is 150 cm³/mol. The molecule has 0 saturated carbocycles. The number of rotatable bonds is 13. The van der Waals surface area contributed by atoms with Crippen molar-refractivity contribution in [1.29, 1.82) is 0 Å². The topological polar surface area (TPSA) is 166 Å². The molecular formula is C25H34ClFN8O3. The standard InChI is InChI=1S/C25H34ClFN8O3/c1-16(21(29)31-10-9-26)14-35-23(36)33-22(34(24(35)37)11-5-6-17(2)27)32-19-7-8-20(28)18(12-19)13-30-15-25(3,4)38/h6-10,12-13,21,31,38H,1,5,11,14-15,28-29H2,2-4H3,(H,32,33,36)/b10-9+,17-6+,30-13?. The van der Waals surface area contributed by atoms with Gasteiger partial charge in [0, 0.05) is 41.4 Å². The Bertz CT molecular complexity index is 1340. The molecule has 0 aliphatic carbocycles. The molecule has 1 aromatic heterocycles. The van der Waals surface area contributed by atoms with Gasteiger partial charge in [0.1, 0.15) is 0 Å². The van der Waals surface area contributed by atoms with Gasteiger partial charge in [-0.15, -0.1) is 0 Å². The summed E-state index contributed by atoms with van der Waals surface area (Å²) in [6.45, 7) is 8.40. The van der Waals surface area contributed by atoms with Crippen LogP contribution in [0.5, 0.6) is 0 Å². The highest BCUT2D eigenvalue weighted by Crippen LogP contribution is 2.19. The third-order valence-electron chi connectivity index (χ3n) is 5.12. The molecular weight excluding hydrogens is 515 g/mol. The lowest BCUT2D eigenvalue weighted by molar-refractivity contribution is 0.0906. The van der Waals surface area contributed by atoms with E-state index < -0.39 is 29.0 Å². The number of nitrogen functional groups attached to an aromatic ring is 1. The zero-order valence-corrected chi connectivity index (χ0v) is 22.4. The van der Waals surface area contributed by atoms with Crippen molar-refractivity contribution in [2.45, 2.75) is 52.0 Å². The fraction of sp³-hybridized carbons (Fsp3) is 0.360. The fourth-order valence-electron chi connectivity index (χ4n) is 3.17. The second-order valence-corrected chi connectivity index (χ2v) is 9.42. The van der Waals surface area contributed by atoms with Crippen molar-refractivity contribution in [2.24, 2.45) is 10.7 Å². The number of aromatic nitrogens is 3. The van der Waals surface area contributed by atoms with E-state index in [4.69, 9.17) is 23.1 Å². The van der Waals surface area contributed by atoms with Gasteiger partial charge < -0.3 is 27.2 Å². The molecule has 1 unspecified atom stereocenters. The molecule has 0 bridgehead atoms. The van der Waals surface area contributed by atoms with Crippen LogP contribution in [-0.2, 0) is 13.1 Å². The molecule has 1 aromatic carbocycles. The molecule has 13 heteroatoms. The van der Waals surface area contributed by atoms with E-state index in [1.165, 1.54) is 35.5 Å². The normalized spacial score (nSPS) is 13.3. The van der Waals surface area contributed by atoms with Gasteiger partial charge in [-0.25, -0.2) is 18.5 Å². The van der Waals surface area contributed by atoms with Crippen molar-refractivity contribution in [3.8, 4) is 0 Å². The molecule has 0 aliphatic heterocycles. The average molecular weight is 549 g/mol. The number of aliphatic imine (C=N–C) groups is 1. The number of halogens is 2. The van der Waals surface area contributed by atoms with Crippen LogP contribution in [0.2, 0.25) is 0 Å². The Hall–Kier alpha value is -3.74. The van der Waals surface area contributed by atoms with Gasteiger partial charge in [0.15, 0.2) is 0 Å². The summed E-state index contributed by atoms with van der Waals surface area (Å²) in [5.74, 6) is -0.441. The van der Waals surface area contributed by atoms with Gasteiger partial charge in [-0.1, -0.05) is 24.3 Å². The Morgan fingerprint density at radius 2 is 2.08 bits per heavy atom. The van der Waals surface area contributed by atoms with Crippen molar-refractivity contribution < 1.29 is 9.50 Å². The summed E-state index contributed by atoms with van der Waals surface area (Å²) in [6, 6.07) is 4.93. The summed E-state index contributed by atoms with van der Waals surface area (Å²) in [4.78, 5) is 34.4. The molecule has 0 saturated heterocycles. The van der Waals surface area contributed by atoms with Crippen LogP contribution in [0.4, 0.5) is 21.7 Å². The Kier molecular flexibility index (Phi) is 11.0. The van der Waals surface area contributed by atoms with Gasteiger partial charge in [0.2, 0.25) is 5.95 Å². The maximum Gasteiger partial charge on any atom is 0.355 e. The van der Waals surface area contributed by atoms with E-state index in [9.17, 15) is 19.1 Å². The van der Waals surface area contributed by atoms with E-state index >= 15 is 0 Å². The highest BCUT2D eigenvalue weighted by atomic mass is 35.5. The zero-order valence-electron chi connectivity index (χ0n) is 21.6. The van der Waals surface area contributed by atoms with Gasteiger partial charge in [-0.2, -0.15) is 4.98 Å². The maximum atomic E-state index is 13.3. The Morgan fingerprint density at radius 3 is 2.71 bits per heavy atom. The number of allylic oxidation sites excluding steroid dienone is 2. The zero-order chi connectivity index (χ0) is 28.5. The molecule has 0 spiro atoms. The smallest absolute Gasteiger partial charge is 0.355 e. The minimum absolute atomic E-state index is 0.0380. The number of hydrogen-bond acceptors (Lipinski definition) is 9. The van der Waals surface area contributed by atoms with Crippen LogP contribution in [0.3, 0.4) is 0 Å². The molecule has 1 atom stereocenters. The number of benzene rings is 1. The van der Waals surface area contributed by atoms with Crippen LogP contribution in [-0.4, -0.2) is 43.8 Å². The lowest BCUT2D eigenvalue weighted by atomic mass is 10.1. The van der Waals surface area contributed by atoms with E-state index in [1.807, 2.05) is 0 Å². The molecule has 0 amide bonds. The van der Waals surface area contributed by atoms with Gasteiger partial charge >= 0.3 is 11.4 Å². The molecule has 0 fully saturated rings. The number of hydrogen-bond donors (Lipinski definition) is 5. The summed E-state index contributed by atoms with van der Waals surface area (Å²) in [7, 11) is 0. The van der Waals surface area contributed by atoms with Crippen molar-refractivity contribution in [1.82, 2.24) is 19.4 Å². The van der Waals surface area contributed by atoms with Crippen LogP contribution in [0.15, 0.2) is 68.6 Å². The van der Waals surface area contributed by atoms with Gasteiger partial charge in [-0.3, -0.25) is 9.56 Å². The first-order valence-electron chi connectivity index (χ1n) is 11.7. The second kappa shape index (κ2) is 13.7. The van der Waals surface area contributed by atoms with E-state index in [0.29, 0.717) is 22.5 Å². The second-order valence-electron chi connectivity index (χ2n) is 9.16. The average Bonchev–Trinajstić information content (AvgIpc) is 2.82. The third-order valence-corrected chi connectivity index (χ3v) is 5.25. The molecule has 2 rings (SSSR count). The van der Waals surface area contributed by atoms with Crippen molar-refractivity contribution in [2.75, 3.05) is 17.6 Å². The maximum absolute atomic E-state index is 13.3. The van der Waals surface area contributed by atoms with Crippen LogP contribution in [0, 0.1) is 0 Å². The van der Waals surface area contributed by atoms with Gasteiger partial charge in [0.05, 0.1) is 30.7 Å². The van der Waals surface area contributed by atoms with Crippen molar-refractivity contribution in [3.63, 3.8) is 0 Å². The van der Waals surface area contributed by atoms with E-state index in [2.05, 4.69) is 27.2 Å². The molecule has 0 radical (unpaired) electrons. The highest BCUT2D eigenvalue weighted by Gasteiger charge is 2.16. The molecule has 206 valence electrons. The minimum Gasteiger partial charge on any atom is -0.398 e. The van der Waals surface area contributed by atoms with Crippen LogP contribution in [0.1, 0.15) is 32.8 Å². The van der Waals surface area contributed by atoms with Crippen molar-refractivity contribution in [3.05, 3.63) is 80.5 Å². The Morgan fingerprint density at radius 1 is 1.37 bits per heavy atom. The van der Waals surface area contributed by atoms with E-state index in [0.717, 1.165) is 4.57 Å². The van der Waals surface area contributed by atoms with Gasteiger partial charge in [-0.05, 0) is 51.0 Å². The summed E-state index contributed by atoms with van der Waals surface area (Å²) >= 11 is 5.49. The van der Waals surface area contributed by atoms with E-state index in [-0.39, 0.29) is 32.0 Å². The molecule has 38 heavy (non-hydrogen) atoms. The Labute approximate surface area is 225 Å². The first-order chi connectivity index (χ1) is 17.8. The van der Waals surface area contributed by atoms with Gasteiger partial charge in [0.25, 0.3) is 0 Å². The summed E-state index contributed by atoms with van der Waals surface area (Å²) in [6.07, 6.45) is 3.64. The number of nitrogens with two attached hydrogens (primary N) is 2. The lowest BCUT2D eigenvalue weighted by Crippen LogP contribution is -2.45. The van der Waals surface area contributed by atoms with Crippen molar-refractivity contribution >= 4 is 35.1 Å². The highest BCUT2D eigenvalue weighted by molar-refractivity contribution is 6.25. The predicted octanol–water partition coefficient (Wildman–Crippen LogP) is 2.32. The summed E-state index contributed by atoms with van der Waals surface area (Å²) < 4.78 is 15.4. The lowest BCUT2D eigenvalue weighted by Gasteiger charge is -2.18. The third kappa shape index (κ3) is 9.29. The number of nitrogens with one attached hydrogen (secondary N) is 2. The van der Waals surface area contributed by atoms with E-state index in [1.54, 1.807) is 32.0 Å². The molecule has 11 nitrogen and oxygen atoms in total. The molecule has 0 aliphatic rings. The first-order valence-corrected chi connectivity index (χ1v) is 12.1. The SMILES string of the molecule is C=C(Cn1c(=O)nc(Nc2ccc(N)c(C=NCC(C)(C)O)c2)n(CC/C=C(\C)F)c1=O)C(N)N/C=C/Cl. The number of nitrogens with zero attached hydrogens (tertiary/aromatic N) is 4. The monoisotopic (exact) mass is 548 g/mol. The number of aliphatic hydroxyl groups is 1. The van der Waals surface area contributed by atoms with Crippen LogP contribution >= 0.6 is 11.6 Å². The first kappa shape index (κ1) is 30.5. The summed E-state index contributed by atoms with van der Waals surface area (Å²) in [5, 5.41) is 15.6. The van der Waals surface area contributed by atoms with Crippen LogP contribution < -0.4 is 33.5 Å². The number of anilines is 3. The largest absolute Gasteiger partial charge is 0.398 e. The molecule has 7 N–H and O–H groups in total. The molecule has 2 aromatic rings.